The standard InChI is InChI=1S/C22H28N6S2.HI/c1-17-25-26-21(27(17)2)14-24-22(23-13-20-9-6-12-29-20)28-11-10-18(15-28)16-30-19-7-4-3-5-8-19;/h3-9,12,18H,10-11,13-16H2,1-2H3,(H,23,24);1H. The molecule has 6 nitrogen and oxygen atoms in total. The number of rotatable bonds is 7. The topological polar surface area (TPSA) is 58.3 Å². The molecule has 1 N–H and O–H groups in total. The first-order valence-corrected chi connectivity index (χ1v) is 12.1. The molecule has 0 amide bonds. The number of halogens is 1. The average molecular weight is 569 g/mol. The van der Waals surface area contributed by atoms with Crippen LogP contribution in [0.25, 0.3) is 0 Å². The second-order valence-corrected chi connectivity index (χ2v) is 9.65. The van der Waals surface area contributed by atoms with Gasteiger partial charge in [0, 0.05) is 35.7 Å². The molecule has 166 valence electrons. The number of likely N-dealkylation sites (tertiary alicyclic amines) is 1. The van der Waals surface area contributed by atoms with Gasteiger partial charge in [-0.1, -0.05) is 24.3 Å². The van der Waals surface area contributed by atoms with Crippen LogP contribution in [0.5, 0.6) is 0 Å². The number of nitrogens with one attached hydrogen (secondary N) is 1. The first-order valence-electron chi connectivity index (χ1n) is 10.3. The van der Waals surface area contributed by atoms with E-state index in [-0.39, 0.29) is 24.0 Å². The summed E-state index contributed by atoms with van der Waals surface area (Å²) in [6.45, 7) is 5.37. The van der Waals surface area contributed by atoms with Crippen molar-refractivity contribution in [3.63, 3.8) is 0 Å². The third kappa shape index (κ3) is 6.69. The molecule has 0 radical (unpaired) electrons. The fraction of sp³-hybridized carbons (Fsp3) is 0.409. The molecule has 1 aromatic carbocycles. The van der Waals surface area contributed by atoms with Crippen molar-refractivity contribution in [1.82, 2.24) is 25.0 Å². The fourth-order valence-electron chi connectivity index (χ4n) is 3.47. The molecule has 0 spiro atoms. The number of aryl methyl sites for hydroxylation is 1. The summed E-state index contributed by atoms with van der Waals surface area (Å²) >= 11 is 3.72. The number of guanidine groups is 1. The molecule has 0 aliphatic carbocycles. The van der Waals surface area contributed by atoms with E-state index in [1.165, 1.54) is 16.2 Å². The number of hydrogen-bond acceptors (Lipinski definition) is 5. The van der Waals surface area contributed by atoms with E-state index in [9.17, 15) is 0 Å². The maximum Gasteiger partial charge on any atom is 0.194 e. The van der Waals surface area contributed by atoms with Gasteiger partial charge in [-0.25, -0.2) is 4.99 Å². The van der Waals surface area contributed by atoms with Crippen molar-refractivity contribution in [2.24, 2.45) is 18.0 Å². The zero-order valence-electron chi connectivity index (χ0n) is 17.9. The molecular weight excluding hydrogens is 539 g/mol. The Morgan fingerprint density at radius 2 is 2.06 bits per heavy atom. The highest BCUT2D eigenvalue weighted by Crippen LogP contribution is 2.26. The molecular formula is C22H29IN6S2. The first kappa shape index (κ1) is 24.1. The van der Waals surface area contributed by atoms with Crippen molar-refractivity contribution in [3.05, 3.63) is 64.4 Å². The van der Waals surface area contributed by atoms with Crippen molar-refractivity contribution in [2.75, 3.05) is 18.8 Å². The summed E-state index contributed by atoms with van der Waals surface area (Å²) in [5.74, 6) is 4.57. The number of thiophene rings is 1. The minimum Gasteiger partial charge on any atom is -0.351 e. The minimum atomic E-state index is 0. The molecule has 4 rings (SSSR count). The largest absolute Gasteiger partial charge is 0.351 e. The summed E-state index contributed by atoms with van der Waals surface area (Å²) in [5, 5.41) is 14.1. The molecule has 9 heteroatoms. The van der Waals surface area contributed by atoms with E-state index < -0.39 is 0 Å². The van der Waals surface area contributed by atoms with Gasteiger partial charge in [0.1, 0.15) is 12.4 Å². The Kier molecular flexibility index (Phi) is 9.21. The third-order valence-corrected chi connectivity index (χ3v) is 7.49. The van der Waals surface area contributed by atoms with E-state index in [4.69, 9.17) is 4.99 Å². The number of hydrogen-bond donors (Lipinski definition) is 1. The van der Waals surface area contributed by atoms with E-state index in [2.05, 4.69) is 68.3 Å². The van der Waals surface area contributed by atoms with Crippen LogP contribution in [0.4, 0.5) is 0 Å². The van der Waals surface area contributed by atoms with Crippen LogP contribution in [0.2, 0.25) is 0 Å². The van der Waals surface area contributed by atoms with Crippen LogP contribution in [0.1, 0.15) is 22.9 Å². The van der Waals surface area contributed by atoms with Gasteiger partial charge in [0.2, 0.25) is 0 Å². The molecule has 1 saturated heterocycles. The Balaban J connectivity index is 0.00000272. The quantitative estimate of drug-likeness (QED) is 0.196. The number of aromatic nitrogens is 3. The lowest BCUT2D eigenvalue weighted by molar-refractivity contribution is 0.472. The van der Waals surface area contributed by atoms with Gasteiger partial charge in [-0.2, -0.15) is 0 Å². The van der Waals surface area contributed by atoms with Gasteiger partial charge >= 0.3 is 0 Å². The lowest BCUT2D eigenvalue weighted by Crippen LogP contribution is -2.40. The van der Waals surface area contributed by atoms with E-state index in [1.54, 1.807) is 11.3 Å². The Bertz CT molecular complexity index is 958. The molecule has 0 saturated carbocycles. The molecule has 1 unspecified atom stereocenters. The summed E-state index contributed by atoms with van der Waals surface area (Å²) in [6, 6.07) is 14.9. The van der Waals surface area contributed by atoms with Gasteiger partial charge in [0.05, 0.1) is 6.54 Å². The monoisotopic (exact) mass is 568 g/mol. The third-order valence-electron chi connectivity index (χ3n) is 5.37. The SMILES string of the molecule is Cc1nnc(CN=C(NCc2cccs2)N2CCC(CSc3ccccc3)C2)n1C.I. The Morgan fingerprint density at radius 3 is 2.77 bits per heavy atom. The molecule has 1 aliphatic rings. The normalized spacial score (nSPS) is 16.4. The second-order valence-electron chi connectivity index (χ2n) is 7.52. The van der Waals surface area contributed by atoms with E-state index in [0.29, 0.717) is 12.5 Å². The molecule has 1 atom stereocenters. The van der Waals surface area contributed by atoms with Gasteiger partial charge < -0.3 is 14.8 Å². The molecule has 3 heterocycles. The maximum absolute atomic E-state index is 4.91. The van der Waals surface area contributed by atoms with Gasteiger partial charge in [0.25, 0.3) is 0 Å². The summed E-state index contributed by atoms with van der Waals surface area (Å²) in [4.78, 5) is 9.96. The lowest BCUT2D eigenvalue weighted by atomic mass is 10.2. The van der Waals surface area contributed by atoms with Crippen LogP contribution in [0.15, 0.2) is 57.7 Å². The van der Waals surface area contributed by atoms with E-state index in [1.807, 2.05) is 30.3 Å². The van der Waals surface area contributed by atoms with Gasteiger partial charge in [-0.05, 0) is 42.8 Å². The van der Waals surface area contributed by atoms with Crippen LogP contribution in [-0.4, -0.2) is 44.5 Å². The number of aliphatic imine (C=N–C) groups is 1. The average Bonchev–Trinajstić information content (AvgIpc) is 3.52. The zero-order valence-corrected chi connectivity index (χ0v) is 21.9. The van der Waals surface area contributed by atoms with Crippen LogP contribution >= 0.6 is 47.1 Å². The van der Waals surface area contributed by atoms with E-state index >= 15 is 0 Å². The van der Waals surface area contributed by atoms with Crippen molar-refractivity contribution < 1.29 is 0 Å². The highest BCUT2D eigenvalue weighted by atomic mass is 127. The molecule has 31 heavy (non-hydrogen) atoms. The second kappa shape index (κ2) is 11.9. The Hall–Kier alpha value is -1.59. The molecule has 1 fully saturated rings. The van der Waals surface area contributed by atoms with Crippen molar-refractivity contribution in [1.29, 1.82) is 0 Å². The number of benzene rings is 1. The molecule has 3 aromatic rings. The van der Waals surface area contributed by atoms with Crippen LogP contribution in [0.3, 0.4) is 0 Å². The van der Waals surface area contributed by atoms with Gasteiger partial charge in [-0.3, -0.25) is 0 Å². The Labute approximate surface area is 209 Å². The smallest absolute Gasteiger partial charge is 0.194 e. The lowest BCUT2D eigenvalue weighted by Gasteiger charge is -2.22. The summed E-state index contributed by atoms with van der Waals surface area (Å²) in [5.41, 5.74) is 0. The predicted molar refractivity (Wildman–Crippen MR) is 140 cm³/mol. The maximum atomic E-state index is 4.91. The molecule has 2 aromatic heterocycles. The zero-order chi connectivity index (χ0) is 20.8. The highest BCUT2D eigenvalue weighted by molar-refractivity contribution is 14.0. The van der Waals surface area contributed by atoms with Gasteiger partial charge in [0.15, 0.2) is 11.8 Å². The summed E-state index contributed by atoms with van der Waals surface area (Å²) in [7, 11) is 1.99. The van der Waals surface area contributed by atoms with E-state index in [0.717, 1.165) is 43.0 Å². The summed E-state index contributed by atoms with van der Waals surface area (Å²) in [6.07, 6.45) is 1.20. The van der Waals surface area contributed by atoms with Crippen molar-refractivity contribution in [2.45, 2.75) is 31.3 Å². The number of nitrogens with zero attached hydrogens (tertiary/aromatic N) is 5. The number of thioether (sulfide) groups is 1. The summed E-state index contributed by atoms with van der Waals surface area (Å²) < 4.78 is 2.00. The van der Waals surface area contributed by atoms with Crippen molar-refractivity contribution >= 4 is 53.0 Å². The van der Waals surface area contributed by atoms with Crippen LogP contribution in [-0.2, 0) is 20.1 Å². The molecule has 1 aliphatic heterocycles. The Morgan fingerprint density at radius 1 is 1.23 bits per heavy atom. The van der Waals surface area contributed by atoms with Crippen molar-refractivity contribution in [3.8, 4) is 0 Å². The minimum absolute atomic E-state index is 0. The fourth-order valence-corrected chi connectivity index (χ4v) is 5.17. The predicted octanol–water partition coefficient (Wildman–Crippen LogP) is 4.56. The highest BCUT2D eigenvalue weighted by Gasteiger charge is 2.25. The van der Waals surface area contributed by atoms with Crippen LogP contribution < -0.4 is 5.32 Å². The first-order chi connectivity index (χ1) is 14.7. The van der Waals surface area contributed by atoms with Crippen LogP contribution in [0, 0.1) is 12.8 Å². The molecule has 0 bridgehead atoms. The van der Waals surface area contributed by atoms with Gasteiger partial charge in [-0.15, -0.1) is 57.3 Å².